The van der Waals surface area contributed by atoms with Crippen molar-refractivity contribution in [3.63, 3.8) is 0 Å². The first-order chi connectivity index (χ1) is 8.75. The van der Waals surface area contributed by atoms with Crippen LogP contribution >= 0.6 is 0 Å². The fraction of sp³-hybridized carbons (Fsp3) is 0.538. The monoisotopic (exact) mass is 248 g/mol. The van der Waals surface area contributed by atoms with Crippen LogP contribution < -0.4 is 0 Å². The van der Waals surface area contributed by atoms with Gasteiger partial charge in [-0.3, -0.25) is 15.0 Å². The highest BCUT2D eigenvalue weighted by molar-refractivity contribution is 5.35. The van der Waals surface area contributed by atoms with Gasteiger partial charge in [0.25, 0.3) is 5.69 Å². The molecule has 18 heavy (non-hydrogen) atoms. The number of benzene rings is 1. The zero-order valence-corrected chi connectivity index (χ0v) is 10.1. The predicted octanol–water partition coefficient (Wildman–Crippen LogP) is 3.17. The Bertz CT molecular complexity index is 457. The lowest BCUT2D eigenvalue weighted by molar-refractivity contribution is -0.384. The number of hydrogen-bond donors (Lipinski definition) is 0. The number of nitro groups is 1. The second-order valence-electron chi connectivity index (χ2n) is 4.96. The van der Waals surface area contributed by atoms with E-state index in [-0.39, 0.29) is 16.8 Å². The molecule has 1 aliphatic carbocycles. The summed E-state index contributed by atoms with van der Waals surface area (Å²) in [5, 5.41) is 12.7. The normalized spacial score (nSPS) is 28.0. The molecule has 0 N–H and O–H groups in total. The smallest absolute Gasteiger partial charge is 0.269 e. The first-order valence-electron chi connectivity index (χ1n) is 6.45. The molecule has 1 aromatic carbocycles. The van der Waals surface area contributed by atoms with Gasteiger partial charge in [-0.1, -0.05) is 31.4 Å². The van der Waals surface area contributed by atoms with Gasteiger partial charge in [-0.15, -0.1) is 5.06 Å². The summed E-state index contributed by atoms with van der Waals surface area (Å²) in [4.78, 5) is 16.0. The number of hydrogen-bond acceptors (Lipinski definition) is 4. The molecule has 1 aromatic rings. The zero-order valence-electron chi connectivity index (χ0n) is 10.1. The second-order valence-corrected chi connectivity index (χ2v) is 4.96. The summed E-state index contributed by atoms with van der Waals surface area (Å²) in [6.45, 7) is 0. The molecule has 2 atom stereocenters. The van der Waals surface area contributed by atoms with Crippen LogP contribution in [-0.4, -0.2) is 16.0 Å². The summed E-state index contributed by atoms with van der Waals surface area (Å²) in [6.07, 6.45) is 6.09. The van der Waals surface area contributed by atoms with Gasteiger partial charge in [0.05, 0.1) is 4.92 Å². The lowest BCUT2D eigenvalue weighted by atomic mass is 9.95. The van der Waals surface area contributed by atoms with Crippen LogP contribution in [0.4, 0.5) is 5.69 Å². The highest BCUT2D eigenvalue weighted by atomic mass is 16.8. The molecule has 2 aliphatic rings. The molecule has 0 radical (unpaired) electrons. The fourth-order valence-corrected chi connectivity index (χ4v) is 2.70. The van der Waals surface area contributed by atoms with Crippen molar-refractivity contribution >= 4 is 5.69 Å². The molecule has 1 saturated carbocycles. The van der Waals surface area contributed by atoms with E-state index >= 15 is 0 Å². The van der Waals surface area contributed by atoms with E-state index in [1.54, 1.807) is 12.1 Å². The molecule has 5 heteroatoms. The Hall–Kier alpha value is -1.46. The highest BCUT2D eigenvalue weighted by Crippen LogP contribution is 2.43. The minimum atomic E-state index is -0.364. The Morgan fingerprint density at radius 2 is 2.06 bits per heavy atom. The number of non-ortho nitro benzene ring substituents is 1. The predicted molar refractivity (Wildman–Crippen MR) is 65.6 cm³/mol. The highest BCUT2D eigenvalue weighted by Gasteiger charge is 2.43. The average Bonchev–Trinajstić information content (AvgIpc) is 3.20. The Balaban J connectivity index is 1.69. The van der Waals surface area contributed by atoms with Crippen LogP contribution in [0, 0.1) is 10.1 Å². The molecule has 1 unspecified atom stereocenters. The maximum Gasteiger partial charge on any atom is 0.269 e. The van der Waals surface area contributed by atoms with Gasteiger partial charge < -0.3 is 0 Å². The van der Waals surface area contributed by atoms with Crippen LogP contribution in [0.25, 0.3) is 0 Å². The molecule has 96 valence electrons. The van der Waals surface area contributed by atoms with Crippen LogP contribution in [0.1, 0.15) is 43.9 Å². The number of nitrogens with zero attached hydrogens (tertiary/aromatic N) is 2. The topological polar surface area (TPSA) is 58.7 Å². The van der Waals surface area contributed by atoms with Crippen LogP contribution in [0.15, 0.2) is 24.3 Å². The largest absolute Gasteiger partial charge is 0.270 e. The first-order valence-corrected chi connectivity index (χ1v) is 6.45. The summed E-state index contributed by atoms with van der Waals surface area (Å²) >= 11 is 0. The third-order valence-corrected chi connectivity index (χ3v) is 3.71. The van der Waals surface area contributed by atoms with E-state index in [0.29, 0.717) is 6.04 Å². The van der Waals surface area contributed by atoms with E-state index < -0.39 is 0 Å². The minimum absolute atomic E-state index is 0.0759. The third kappa shape index (κ3) is 2.23. The van der Waals surface area contributed by atoms with Crippen LogP contribution in [0.3, 0.4) is 0 Å². The molecular formula is C13H16N2O3. The SMILES string of the molecule is O=[N+]([O-])c1cccc([C@H]2ON2C2CCCCC2)c1. The van der Waals surface area contributed by atoms with Gasteiger partial charge >= 0.3 is 0 Å². The van der Waals surface area contributed by atoms with Crippen molar-refractivity contribution in [1.82, 2.24) is 5.06 Å². The molecule has 2 fully saturated rings. The number of nitro benzene ring substituents is 1. The minimum Gasteiger partial charge on any atom is -0.270 e. The fourth-order valence-electron chi connectivity index (χ4n) is 2.70. The Kier molecular flexibility index (Phi) is 3.01. The number of rotatable bonds is 3. The van der Waals surface area contributed by atoms with Gasteiger partial charge in [0.2, 0.25) is 0 Å². The molecule has 0 amide bonds. The molecule has 0 bridgehead atoms. The molecule has 1 saturated heterocycles. The van der Waals surface area contributed by atoms with Crippen LogP contribution in [0.5, 0.6) is 0 Å². The second kappa shape index (κ2) is 4.66. The molecule has 3 rings (SSSR count). The van der Waals surface area contributed by atoms with Gasteiger partial charge in [-0.25, -0.2) is 0 Å². The standard InChI is InChI=1S/C13H16N2O3/c16-15(17)12-8-4-5-10(9-12)13-14(18-13)11-6-2-1-3-7-11/h4-5,8-9,11,13H,1-3,6-7H2/t13-,14?/m1/s1. The first kappa shape index (κ1) is 11.6. The summed E-state index contributed by atoms with van der Waals surface area (Å²) in [7, 11) is 0. The van der Waals surface area contributed by atoms with Crippen molar-refractivity contribution in [2.24, 2.45) is 0 Å². The maximum atomic E-state index is 10.7. The van der Waals surface area contributed by atoms with Gasteiger partial charge in [0.15, 0.2) is 6.23 Å². The summed E-state index contributed by atoms with van der Waals surface area (Å²) in [5.41, 5.74) is 1.02. The Morgan fingerprint density at radius 3 is 2.78 bits per heavy atom. The maximum absolute atomic E-state index is 10.7. The Labute approximate surface area is 105 Å². The Morgan fingerprint density at radius 1 is 1.28 bits per heavy atom. The summed E-state index contributed by atoms with van der Waals surface area (Å²) < 4.78 is 0. The van der Waals surface area contributed by atoms with Crippen molar-refractivity contribution in [2.75, 3.05) is 0 Å². The van der Waals surface area contributed by atoms with E-state index in [0.717, 1.165) is 5.56 Å². The van der Waals surface area contributed by atoms with Gasteiger partial charge in [0, 0.05) is 23.7 Å². The lowest BCUT2D eigenvalue weighted by Crippen LogP contribution is -2.21. The molecule has 1 aliphatic heterocycles. The quantitative estimate of drug-likeness (QED) is 0.468. The third-order valence-electron chi connectivity index (χ3n) is 3.71. The number of hydroxylamine groups is 2. The van der Waals surface area contributed by atoms with Crippen molar-refractivity contribution in [3.05, 3.63) is 39.9 Å². The molecular weight excluding hydrogens is 232 g/mol. The van der Waals surface area contributed by atoms with E-state index in [1.807, 2.05) is 11.1 Å². The van der Waals surface area contributed by atoms with Gasteiger partial charge in [-0.2, -0.15) is 0 Å². The van der Waals surface area contributed by atoms with Crippen molar-refractivity contribution < 1.29 is 9.76 Å². The van der Waals surface area contributed by atoms with Crippen molar-refractivity contribution in [1.29, 1.82) is 0 Å². The van der Waals surface area contributed by atoms with Gasteiger partial charge in [-0.05, 0) is 12.8 Å². The van der Waals surface area contributed by atoms with Crippen LogP contribution in [-0.2, 0) is 4.84 Å². The van der Waals surface area contributed by atoms with Crippen molar-refractivity contribution in [2.45, 2.75) is 44.4 Å². The van der Waals surface area contributed by atoms with Crippen LogP contribution in [0.2, 0.25) is 0 Å². The average molecular weight is 248 g/mol. The van der Waals surface area contributed by atoms with E-state index in [1.165, 1.54) is 38.2 Å². The van der Waals surface area contributed by atoms with Crippen molar-refractivity contribution in [3.8, 4) is 0 Å². The molecule has 0 spiro atoms. The van der Waals surface area contributed by atoms with E-state index in [2.05, 4.69) is 0 Å². The van der Waals surface area contributed by atoms with Gasteiger partial charge in [0.1, 0.15) is 0 Å². The molecule has 5 nitrogen and oxygen atoms in total. The molecule has 0 aromatic heterocycles. The lowest BCUT2D eigenvalue weighted by Gasteiger charge is -2.20. The van der Waals surface area contributed by atoms with E-state index in [9.17, 15) is 10.1 Å². The zero-order chi connectivity index (χ0) is 12.5. The van der Waals surface area contributed by atoms with E-state index in [4.69, 9.17) is 4.84 Å². The summed E-state index contributed by atoms with van der Waals surface area (Å²) in [5.74, 6) is 0. The summed E-state index contributed by atoms with van der Waals surface area (Å²) in [6, 6.07) is 7.21. The molecule has 1 heterocycles.